The molecular formula is C28H26F2N4O. The average Bonchev–Trinajstić information content (AvgIpc) is 3.27. The second-order valence-corrected chi connectivity index (χ2v) is 9.58. The molecule has 0 radical (unpaired) electrons. The van der Waals surface area contributed by atoms with Crippen LogP contribution in [-0.4, -0.2) is 23.8 Å². The molecule has 5 nitrogen and oxygen atoms in total. The molecule has 0 saturated heterocycles. The Bertz CT molecular complexity index is 1390. The number of fused-ring (bicyclic) bond motifs is 2. The molecule has 178 valence electrons. The molecule has 5 rings (SSSR count). The van der Waals surface area contributed by atoms with Gasteiger partial charge in [-0.2, -0.15) is 5.26 Å². The van der Waals surface area contributed by atoms with Gasteiger partial charge in [0.2, 0.25) is 11.7 Å². The zero-order valence-corrected chi connectivity index (χ0v) is 19.7. The molecule has 2 unspecified atom stereocenters. The minimum Gasteiger partial charge on any atom is -0.368 e. The highest BCUT2D eigenvalue weighted by Gasteiger charge is 2.64. The third-order valence-corrected chi connectivity index (χ3v) is 7.53. The summed E-state index contributed by atoms with van der Waals surface area (Å²) in [6.07, 6.45) is 6.33. The largest absolute Gasteiger partial charge is 0.368 e. The number of allylic oxidation sites excluding steroid dienone is 3. The monoisotopic (exact) mass is 472 g/mol. The molecule has 7 heteroatoms. The van der Waals surface area contributed by atoms with Gasteiger partial charge >= 0.3 is 0 Å². The molecule has 1 fully saturated rings. The molecule has 2 atom stereocenters. The van der Waals surface area contributed by atoms with Crippen molar-refractivity contribution in [2.45, 2.75) is 38.3 Å². The van der Waals surface area contributed by atoms with Crippen LogP contribution in [0.25, 0.3) is 5.57 Å². The van der Waals surface area contributed by atoms with E-state index in [4.69, 9.17) is 15.6 Å². The zero-order valence-electron chi connectivity index (χ0n) is 19.7. The Morgan fingerprint density at radius 2 is 1.97 bits per heavy atom. The highest BCUT2D eigenvalue weighted by atomic mass is 19.2. The number of rotatable bonds is 2. The van der Waals surface area contributed by atoms with Gasteiger partial charge in [0.1, 0.15) is 0 Å². The summed E-state index contributed by atoms with van der Waals surface area (Å²) in [6.45, 7) is 6.35. The van der Waals surface area contributed by atoms with E-state index < -0.39 is 22.8 Å². The highest BCUT2D eigenvalue weighted by Crippen LogP contribution is 2.61. The molecule has 2 spiro atoms. The number of hydrogen-bond acceptors (Lipinski definition) is 5. The Labute approximate surface area is 203 Å². The molecule has 2 aliphatic carbocycles. The van der Waals surface area contributed by atoms with Crippen molar-refractivity contribution in [2.75, 3.05) is 7.05 Å². The minimum atomic E-state index is -1.11. The van der Waals surface area contributed by atoms with E-state index in [1.165, 1.54) is 17.2 Å². The first-order valence-corrected chi connectivity index (χ1v) is 11.5. The Balaban J connectivity index is 1.56. The number of hydrogen-bond donors (Lipinski definition) is 1. The van der Waals surface area contributed by atoms with E-state index in [9.17, 15) is 14.0 Å². The quantitative estimate of drug-likeness (QED) is 0.653. The van der Waals surface area contributed by atoms with E-state index in [1.807, 2.05) is 37.3 Å². The van der Waals surface area contributed by atoms with Crippen molar-refractivity contribution in [3.8, 4) is 6.07 Å². The molecule has 1 heterocycles. The lowest BCUT2D eigenvalue weighted by atomic mass is 9.66. The van der Waals surface area contributed by atoms with Crippen molar-refractivity contribution in [1.82, 2.24) is 5.06 Å². The van der Waals surface area contributed by atoms with Crippen LogP contribution < -0.4 is 5.73 Å². The van der Waals surface area contributed by atoms with Gasteiger partial charge in [-0.15, -0.1) is 0 Å². The Hall–Kier alpha value is -3.76. The average molecular weight is 473 g/mol. The lowest BCUT2D eigenvalue weighted by Crippen LogP contribution is -2.48. The van der Waals surface area contributed by atoms with Gasteiger partial charge in [-0.05, 0) is 84.7 Å². The summed E-state index contributed by atoms with van der Waals surface area (Å²) in [7, 11) is 1.70. The zero-order chi connectivity index (χ0) is 25.0. The lowest BCUT2D eigenvalue weighted by molar-refractivity contribution is -0.195. The summed E-state index contributed by atoms with van der Waals surface area (Å²) in [5.41, 5.74) is 10.3. The number of aryl methyl sites for hydroxylation is 1. The van der Waals surface area contributed by atoms with Crippen LogP contribution in [0.2, 0.25) is 0 Å². The fourth-order valence-corrected chi connectivity index (χ4v) is 5.57. The maximum atomic E-state index is 14.1. The summed E-state index contributed by atoms with van der Waals surface area (Å²) < 4.78 is 28.0. The van der Waals surface area contributed by atoms with E-state index in [0.29, 0.717) is 36.8 Å². The third-order valence-electron chi connectivity index (χ3n) is 7.53. The number of nitrogens with two attached hydrogens (primary N) is 1. The van der Waals surface area contributed by atoms with Crippen molar-refractivity contribution < 1.29 is 13.6 Å². The minimum absolute atomic E-state index is 0.253. The van der Waals surface area contributed by atoms with Crippen molar-refractivity contribution in [3.63, 3.8) is 0 Å². The van der Waals surface area contributed by atoms with E-state index in [0.717, 1.165) is 27.8 Å². The Morgan fingerprint density at radius 1 is 1.23 bits per heavy atom. The van der Waals surface area contributed by atoms with E-state index >= 15 is 0 Å². The van der Waals surface area contributed by atoms with Gasteiger partial charge < -0.3 is 5.73 Å². The van der Waals surface area contributed by atoms with Crippen molar-refractivity contribution in [3.05, 3.63) is 100 Å². The van der Waals surface area contributed by atoms with Crippen LogP contribution in [0, 0.1) is 28.4 Å². The van der Waals surface area contributed by atoms with Crippen LogP contribution >= 0.6 is 0 Å². The van der Waals surface area contributed by atoms with E-state index in [1.54, 1.807) is 13.1 Å². The number of nitrogens with zero attached hydrogens (tertiary/aromatic N) is 3. The van der Waals surface area contributed by atoms with Crippen LogP contribution in [0.3, 0.4) is 0 Å². The number of aliphatic imine (C=N–C) groups is 1. The molecule has 3 aliphatic rings. The first kappa shape index (κ1) is 23.0. The standard InChI is InChI=1S/C28H26F2N4O/c1-17(20-6-4-5-19(11-20)16-31)7-8-22-14-27(28(18(22)2)33-26(32)34(3)35-28)10-9-21-12-24(29)25(30)13-23(21)15-27/h4-8,11-13H,2,9-10,14-15H2,1,3H3,(H2,32,33)/b17-7+,22-8-. The van der Waals surface area contributed by atoms with Crippen LogP contribution in [0.5, 0.6) is 0 Å². The molecule has 0 bridgehead atoms. The predicted molar refractivity (Wildman–Crippen MR) is 131 cm³/mol. The number of benzene rings is 2. The van der Waals surface area contributed by atoms with Gasteiger partial charge in [-0.25, -0.2) is 23.7 Å². The first-order valence-electron chi connectivity index (χ1n) is 11.5. The summed E-state index contributed by atoms with van der Waals surface area (Å²) in [5, 5.41) is 10.7. The number of halogens is 2. The topological polar surface area (TPSA) is 74.6 Å². The van der Waals surface area contributed by atoms with Crippen LogP contribution in [0.4, 0.5) is 8.78 Å². The van der Waals surface area contributed by atoms with E-state index in [-0.39, 0.29) is 5.96 Å². The molecule has 0 aromatic heterocycles. The summed E-state index contributed by atoms with van der Waals surface area (Å²) in [5.74, 6) is -1.43. The fourth-order valence-electron chi connectivity index (χ4n) is 5.57. The maximum absolute atomic E-state index is 14.1. The number of guanidine groups is 1. The fraction of sp³-hybridized carbons (Fsp3) is 0.286. The third kappa shape index (κ3) is 3.57. The van der Waals surface area contributed by atoms with Crippen LogP contribution in [0.15, 0.2) is 71.3 Å². The van der Waals surface area contributed by atoms with Gasteiger partial charge in [0.25, 0.3) is 0 Å². The van der Waals surface area contributed by atoms with Crippen molar-refractivity contribution in [2.24, 2.45) is 16.1 Å². The van der Waals surface area contributed by atoms with Gasteiger partial charge in [-0.1, -0.05) is 30.9 Å². The number of nitriles is 1. The molecule has 2 aromatic rings. The van der Waals surface area contributed by atoms with Gasteiger partial charge in [0.05, 0.1) is 11.6 Å². The molecule has 1 saturated carbocycles. The first-order chi connectivity index (χ1) is 16.7. The van der Waals surface area contributed by atoms with Gasteiger partial charge in [0.15, 0.2) is 11.6 Å². The smallest absolute Gasteiger partial charge is 0.220 e. The second-order valence-electron chi connectivity index (χ2n) is 9.58. The normalized spacial score (nSPS) is 27.0. The molecular weight excluding hydrogens is 446 g/mol. The molecule has 35 heavy (non-hydrogen) atoms. The van der Waals surface area contributed by atoms with Crippen LogP contribution in [-0.2, 0) is 17.7 Å². The predicted octanol–water partition coefficient (Wildman–Crippen LogP) is 5.19. The van der Waals surface area contributed by atoms with Crippen molar-refractivity contribution >= 4 is 11.5 Å². The SMILES string of the molecule is C=C1/C(=C\C=C(/C)c2cccc(C#N)c2)CC2(CCc3cc(F)c(F)cc3C2)C12N=C(N)N(C)O2. The molecule has 2 N–H and O–H groups in total. The Kier molecular flexibility index (Phi) is 5.37. The number of hydroxylamine groups is 2. The van der Waals surface area contributed by atoms with Crippen molar-refractivity contribution in [1.29, 1.82) is 5.26 Å². The van der Waals surface area contributed by atoms with Gasteiger partial charge in [0, 0.05) is 18.0 Å². The summed E-state index contributed by atoms with van der Waals surface area (Å²) >= 11 is 0. The molecule has 2 aromatic carbocycles. The summed E-state index contributed by atoms with van der Waals surface area (Å²) in [6, 6.07) is 12.2. The van der Waals surface area contributed by atoms with Crippen LogP contribution in [0.1, 0.15) is 42.0 Å². The van der Waals surface area contributed by atoms with Gasteiger partial charge in [-0.3, -0.25) is 0 Å². The second kappa shape index (κ2) is 8.17. The summed E-state index contributed by atoms with van der Waals surface area (Å²) in [4.78, 5) is 11.1. The maximum Gasteiger partial charge on any atom is 0.220 e. The Morgan fingerprint density at radius 3 is 2.66 bits per heavy atom. The molecule has 0 amide bonds. The highest BCUT2D eigenvalue weighted by molar-refractivity contribution is 5.80. The lowest BCUT2D eigenvalue weighted by Gasteiger charge is -2.43. The van der Waals surface area contributed by atoms with E-state index in [2.05, 4.69) is 12.6 Å². The molecule has 1 aliphatic heterocycles.